The van der Waals surface area contributed by atoms with E-state index < -0.39 is 12.6 Å². The second-order valence-electron chi connectivity index (χ2n) is 8.97. The van der Waals surface area contributed by atoms with E-state index >= 15 is 0 Å². The van der Waals surface area contributed by atoms with Crippen LogP contribution in [0.15, 0.2) is 24.8 Å². The molecule has 33 heavy (non-hydrogen) atoms. The number of alkyl halides is 3. The van der Waals surface area contributed by atoms with Crippen molar-refractivity contribution in [1.29, 1.82) is 0 Å². The molecule has 7 nitrogen and oxygen atoms in total. The summed E-state index contributed by atoms with van der Waals surface area (Å²) in [4.78, 5) is 14.3. The van der Waals surface area contributed by atoms with Crippen LogP contribution in [-0.2, 0) is 24.2 Å². The largest absolute Gasteiger partial charge is 0.393 e. The molecule has 2 aliphatic rings. The number of nitrogens with zero attached hydrogens (tertiary/aromatic N) is 6. The Balaban J connectivity index is 1.25. The molecule has 5 heterocycles. The Morgan fingerprint density at radius 1 is 1.18 bits per heavy atom. The minimum atomic E-state index is -4.22. The minimum absolute atomic E-state index is 0.285. The van der Waals surface area contributed by atoms with E-state index in [0.717, 1.165) is 68.2 Å². The number of anilines is 1. The number of thiophene rings is 1. The molecule has 0 saturated carbocycles. The van der Waals surface area contributed by atoms with Crippen LogP contribution >= 0.6 is 11.3 Å². The number of fused-ring (bicyclic) bond motifs is 2. The van der Waals surface area contributed by atoms with E-state index in [-0.39, 0.29) is 4.88 Å². The second-order valence-corrected chi connectivity index (χ2v) is 10.1. The second kappa shape index (κ2) is 9.19. The van der Waals surface area contributed by atoms with E-state index in [2.05, 4.69) is 31.1 Å². The van der Waals surface area contributed by atoms with E-state index in [4.69, 9.17) is 4.74 Å². The standard InChI is InChI=1S/C22H27F3N6OS/c1-32-5-4-31-10-15(8-28-31)9-29-3-2-16-12-30(13-17(16)11-29)20-19-6-18(7-22(23,24)25)33-21(19)27-14-26-20/h6,8,10,14,16-17H,2-5,7,9,11-13H2,1H3/t16-,17+/m1/s1. The van der Waals surface area contributed by atoms with Crippen LogP contribution in [0.2, 0.25) is 0 Å². The van der Waals surface area contributed by atoms with Gasteiger partial charge in [0.05, 0.1) is 31.2 Å². The quantitative estimate of drug-likeness (QED) is 0.515. The van der Waals surface area contributed by atoms with Crippen molar-refractivity contribution in [2.75, 3.05) is 44.8 Å². The van der Waals surface area contributed by atoms with Crippen molar-refractivity contribution in [2.45, 2.75) is 32.1 Å². The summed E-state index contributed by atoms with van der Waals surface area (Å²) >= 11 is 1.11. The van der Waals surface area contributed by atoms with Crippen molar-refractivity contribution in [2.24, 2.45) is 11.8 Å². The maximum Gasteiger partial charge on any atom is 0.393 e. The molecule has 2 fully saturated rings. The first-order chi connectivity index (χ1) is 15.9. The molecular formula is C22H27F3N6OS. The zero-order valence-electron chi connectivity index (χ0n) is 18.5. The zero-order chi connectivity index (χ0) is 23.0. The first-order valence-corrected chi connectivity index (χ1v) is 12.0. The number of methoxy groups -OCH3 is 1. The van der Waals surface area contributed by atoms with E-state index in [1.54, 1.807) is 13.2 Å². The summed E-state index contributed by atoms with van der Waals surface area (Å²) in [6.45, 7) is 6.06. The monoisotopic (exact) mass is 480 g/mol. The number of piperidine rings is 1. The molecular weight excluding hydrogens is 453 g/mol. The predicted octanol–water partition coefficient (Wildman–Crippen LogP) is 3.60. The first-order valence-electron chi connectivity index (χ1n) is 11.2. The van der Waals surface area contributed by atoms with Crippen LogP contribution in [0.4, 0.5) is 19.0 Å². The van der Waals surface area contributed by atoms with Crippen LogP contribution in [0.3, 0.4) is 0 Å². The number of hydrogen-bond donors (Lipinski definition) is 0. The molecule has 5 rings (SSSR count). The van der Waals surface area contributed by atoms with Crippen LogP contribution in [0, 0.1) is 11.8 Å². The number of ether oxygens (including phenoxy) is 1. The van der Waals surface area contributed by atoms with Crippen molar-refractivity contribution in [1.82, 2.24) is 24.6 Å². The highest BCUT2D eigenvalue weighted by Crippen LogP contribution is 2.38. The van der Waals surface area contributed by atoms with Gasteiger partial charge < -0.3 is 9.64 Å². The van der Waals surface area contributed by atoms with Gasteiger partial charge in [-0.2, -0.15) is 18.3 Å². The molecule has 178 valence electrons. The lowest BCUT2D eigenvalue weighted by atomic mass is 9.88. The SMILES string of the molecule is COCCn1cc(CN2CC[C@@H]3CN(c4ncnc5sc(CC(F)(F)F)cc45)C[C@@H]3C2)cn1. The van der Waals surface area contributed by atoms with Crippen LogP contribution in [0.25, 0.3) is 10.2 Å². The molecule has 2 saturated heterocycles. The van der Waals surface area contributed by atoms with Crippen LogP contribution < -0.4 is 4.90 Å². The summed E-state index contributed by atoms with van der Waals surface area (Å²) in [5.41, 5.74) is 1.20. The Bertz CT molecular complexity index is 1100. The van der Waals surface area contributed by atoms with Crippen molar-refractivity contribution < 1.29 is 17.9 Å². The molecule has 2 aliphatic heterocycles. The van der Waals surface area contributed by atoms with E-state index in [1.807, 2.05) is 10.9 Å². The molecule has 11 heteroatoms. The number of hydrogen-bond acceptors (Lipinski definition) is 7. The Morgan fingerprint density at radius 2 is 2.03 bits per heavy atom. The molecule has 0 radical (unpaired) electrons. The fourth-order valence-electron chi connectivity index (χ4n) is 5.04. The molecule has 0 unspecified atom stereocenters. The summed E-state index contributed by atoms with van der Waals surface area (Å²) in [6.07, 6.45) is 1.45. The van der Waals surface area contributed by atoms with E-state index in [0.29, 0.717) is 23.3 Å². The van der Waals surface area contributed by atoms with Gasteiger partial charge in [-0.25, -0.2) is 9.97 Å². The van der Waals surface area contributed by atoms with Crippen molar-refractivity contribution in [3.05, 3.63) is 35.2 Å². The molecule has 0 spiro atoms. The lowest BCUT2D eigenvalue weighted by molar-refractivity contribution is -0.126. The molecule has 3 aromatic rings. The third-order valence-electron chi connectivity index (χ3n) is 6.54. The third kappa shape index (κ3) is 5.15. The van der Waals surface area contributed by atoms with Gasteiger partial charge in [0.25, 0.3) is 0 Å². The molecule has 0 bridgehead atoms. The van der Waals surface area contributed by atoms with Gasteiger partial charge >= 0.3 is 6.18 Å². The summed E-state index contributed by atoms with van der Waals surface area (Å²) in [6, 6.07) is 1.62. The number of halogens is 3. The summed E-state index contributed by atoms with van der Waals surface area (Å²) < 4.78 is 45.6. The number of likely N-dealkylation sites (tertiary alicyclic amines) is 1. The van der Waals surface area contributed by atoms with Gasteiger partial charge in [-0.1, -0.05) is 0 Å². The predicted molar refractivity (Wildman–Crippen MR) is 120 cm³/mol. The van der Waals surface area contributed by atoms with Gasteiger partial charge in [0.1, 0.15) is 17.0 Å². The van der Waals surface area contributed by atoms with Crippen LogP contribution in [-0.4, -0.2) is 70.7 Å². The third-order valence-corrected chi connectivity index (χ3v) is 7.58. The smallest absolute Gasteiger partial charge is 0.383 e. The van der Waals surface area contributed by atoms with Crippen LogP contribution in [0.1, 0.15) is 16.9 Å². The van der Waals surface area contributed by atoms with Gasteiger partial charge in [0.2, 0.25) is 0 Å². The molecule has 0 N–H and O–H groups in total. The Hall–Kier alpha value is -2.24. The Kier molecular flexibility index (Phi) is 6.28. The van der Waals surface area contributed by atoms with Gasteiger partial charge in [-0.3, -0.25) is 9.58 Å². The summed E-state index contributed by atoms with van der Waals surface area (Å²) in [5, 5.41) is 5.15. The highest BCUT2D eigenvalue weighted by atomic mass is 32.1. The molecule has 2 atom stereocenters. The van der Waals surface area contributed by atoms with E-state index in [9.17, 15) is 13.2 Å². The number of rotatable bonds is 7. The molecule has 0 aromatic carbocycles. The lowest BCUT2D eigenvalue weighted by Gasteiger charge is -2.33. The highest BCUT2D eigenvalue weighted by Gasteiger charge is 2.38. The maximum absolute atomic E-state index is 12.9. The van der Waals surface area contributed by atoms with Crippen molar-refractivity contribution in [3.63, 3.8) is 0 Å². The van der Waals surface area contributed by atoms with Gasteiger partial charge in [0, 0.05) is 49.9 Å². The van der Waals surface area contributed by atoms with Crippen LogP contribution in [0.5, 0.6) is 0 Å². The highest BCUT2D eigenvalue weighted by molar-refractivity contribution is 7.18. The van der Waals surface area contributed by atoms with Gasteiger partial charge in [0.15, 0.2) is 0 Å². The lowest BCUT2D eigenvalue weighted by Crippen LogP contribution is -2.39. The van der Waals surface area contributed by atoms with Gasteiger partial charge in [-0.15, -0.1) is 11.3 Å². The fourth-order valence-corrected chi connectivity index (χ4v) is 6.06. The molecule has 0 amide bonds. The first kappa shape index (κ1) is 22.5. The fraction of sp³-hybridized carbons (Fsp3) is 0.591. The Morgan fingerprint density at radius 3 is 2.85 bits per heavy atom. The molecule has 0 aliphatic carbocycles. The maximum atomic E-state index is 12.9. The minimum Gasteiger partial charge on any atom is -0.383 e. The summed E-state index contributed by atoms with van der Waals surface area (Å²) in [7, 11) is 1.69. The van der Waals surface area contributed by atoms with Crippen molar-refractivity contribution in [3.8, 4) is 0 Å². The van der Waals surface area contributed by atoms with Crippen molar-refractivity contribution >= 4 is 27.4 Å². The Labute approximate surface area is 194 Å². The zero-order valence-corrected chi connectivity index (χ0v) is 19.3. The average molecular weight is 481 g/mol. The normalized spacial score (nSPS) is 21.8. The average Bonchev–Trinajstić information content (AvgIpc) is 3.48. The molecule has 3 aromatic heterocycles. The number of aromatic nitrogens is 4. The van der Waals surface area contributed by atoms with Gasteiger partial charge in [-0.05, 0) is 30.9 Å². The summed E-state index contributed by atoms with van der Waals surface area (Å²) in [5.74, 6) is 1.86. The topological polar surface area (TPSA) is 59.3 Å². The van der Waals surface area contributed by atoms with E-state index in [1.165, 1.54) is 11.9 Å².